The van der Waals surface area contributed by atoms with Crippen LogP contribution in [0.25, 0.3) is 0 Å². The maximum Gasteiger partial charge on any atom is 0.335 e. The van der Waals surface area contributed by atoms with Crippen LogP contribution in [0.1, 0.15) is 39.5 Å². The van der Waals surface area contributed by atoms with E-state index in [0.717, 1.165) is 12.8 Å². The topological polar surface area (TPSA) is 49.3 Å². The van der Waals surface area contributed by atoms with Crippen molar-refractivity contribution in [2.45, 2.75) is 25.4 Å². The molecule has 108 valence electrons. The molecule has 2 aromatic carbocycles. The van der Waals surface area contributed by atoms with Gasteiger partial charge in [-0.25, -0.2) is 9.18 Å². The van der Waals surface area contributed by atoms with Crippen LogP contribution in [-0.4, -0.2) is 11.1 Å². The lowest BCUT2D eigenvalue weighted by atomic mass is 10.1. The second-order valence-electron chi connectivity index (χ2n) is 5.28. The number of carboxylic acid groups (broad SMARTS) is 1. The van der Waals surface area contributed by atoms with Crippen LogP contribution in [0.3, 0.4) is 0 Å². The molecule has 0 saturated carbocycles. The maximum atomic E-state index is 13.8. The van der Waals surface area contributed by atoms with Crippen LogP contribution in [0.2, 0.25) is 0 Å². The Bertz CT molecular complexity index is 684. The van der Waals surface area contributed by atoms with Crippen molar-refractivity contribution in [1.82, 2.24) is 5.32 Å². The molecule has 0 fully saturated rings. The van der Waals surface area contributed by atoms with E-state index in [9.17, 15) is 9.18 Å². The van der Waals surface area contributed by atoms with Gasteiger partial charge in [0.25, 0.3) is 0 Å². The Kier molecular flexibility index (Phi) is 3.71. The molecule has 0 amide bonds. The van der Waals surface area contributed by atoms with E-state index in [0.29, 0.717) is 12.1 Å². The Balaban J connectivity index is 1.74. The molecule has 2 N–H and O–H groups in total. The first-order chi connectivity index (χ1) is 10.1. The number of hydrogen-bond donors (Lipinski definition) is 2. The molecule has 1 atom stereocenters. The molecule has 0 heterocycles. The molecular formula is C17H16FNO2. The van der Waals surface area contributed by atoms with Crippen molar-refractivity contribution < 1.29 is 14.3 Å². The SMILES string of the molecule is O=C(O)c1ccc(F)c(CNC2CCc3ccccc32)c1. The predicted octanol–water partition coefficient (Wildman–Crippen LogP) is 3.30. The summed E-state index contributed by atoms with van der Waals surface area (Å²) in [5.74, 6) is -1.42. The number of aryl methyl sites for hydroxylation is 1. The second kappa shape index (κ2) is 5.66. The van der Waals surface area contributed by atoms with E-state index in [1.54, 1.807) is 0 Å². The monoisotopic (exact) mass is 285 g/mol. The Morgan fingerprint density at radius 3 is 2.90 bits per heavy atom. The number of fused-ring (bicyclic) bond motifs is 1. The van der Waals surface area contributed by atoms with Gasteiger partial charge in [-0.2, -0.15) is 0 Å². The molecule has 4 heteroatoms. The van der Waals surface area contributed by atoms with Gasteiger partial charge in [0, 0.05) is 18.2 Å². The number of carbonyl (C=O) groups is 1. The van der Waals surface area contributed by atoms with Gasteiger partial charge in [0.05, 0.1) is 5.56 Å². The van der Waals surface area contributed by atoms with Crippen molar-refractivity contribution in [3.05, 3.63) is 70.5 Å². The van der Waals surface area contributed by atoms with Gasteiger partial charge >= 0.3 is 5.97 Å². The summed E-state index contributed by atoms with van der Waals surface area (Å²) in [5.41, 5.74) is 3.08. The number of carboxylic acids is 1. The number of rotatable bonds is 4. The fraction of sp³-hybridized carbons (Fsp3) is 0.235. The average molecular weight is 285 g/mol. The molecule has 3 nitrogen and oxygen atoms in total. The van der Waals surface area contributed by atoms with Gasteiger partial charge < -0.3 is 10.4 Å². The van der Waals surface area contributed by atoms with Crippen LogP contribution >= 0.6 is 0 Å². The third-order valence-electron chi connectivity index (χ3n) is 3.96. The number of aromatic carboxylic acids is 1. The van der Waals surface area contributed by atoms with Crippen molar-refractivity contribution in [3.63, 3.8) is 0 Å². The fourth-order valence-corrected chi connectivity index (χ4v) is 2.85. The average Bonchev–Trinajstić information content (AvgIpc) is 2.89. The van der Waals surface area contributed by atoms with Gasteiger partial charge in [-0.05, 0) is 42.2 Å². The zero-order chi connectivity index (χ0) is 14.8. The van der Waals surface area contributed by atoms with Crippen LogP contribution in [-0.2, 0) is 13.0 Å². The van der Waals surface area contributed by atoms with E-state index in [1.165, 1.54) is 29.3 Å². The summed E-state index contributed by atoms with van der Waals surface area (Å²) in [6, 6.07) is 12.3. The number of nitrogens with one attached hydrogen (secondary N) is 1. The van der Waals surface area contributed by atoms with Crippen LogP contribution in [0, 0.1) is 5.82 Å². The summed E-state index contributed by atoms with van der Waals surface area (Å²) in [6.07, 6.45) is 2.01. The zero-order valence-electron chi connectivity index (χ0n) is 11.5. The van der Waals surface area contributed by atoms with Gasteiger partial charge in [-0.15, -0.1) is 0 Å². The normalized spacial score (nSPS) is 16.7. The van der Waals surface area contributed by atoms with Gasteiger partial charge in [0.15, 0.2) is 0 Å². The van der Waals surface area contributed by atoms with Gasteiger partial charge in [0.1, 0.15) is 5.82 Å². The van der Waals surface area contributed by atoms with Crippen molar-refractivity contribution in [3.8, 4) is 0 Å². The fourth-order valence-electron chi connectivity index (χ4n) is 2.85. The predicted molar refractivity (Wildman–Crippen MR) is 77.7 cm³/mol. The van der Waals surface area contributed by atoms with Crippen LogP contribution in [0.5, 0.6) is 0 Å². The third-order valence-corrected chi connectivity index (χ3v) is 3.96. The first-order valence-corrected chi connectivity index (χ1v) is 6.98. The van der Waals surface area contributed by atoms with E-state index in [4.69, 9.17) is 5.11 Å². The summed E-state index contributed by atoms with van der Waals surface area (Å²) in [7, 11) is 0. The standard InChI is InChI=1S/C17H16FNO2/c18-15-7-5-12(17(20)21)9-13(15)10-19-16-8-6-11-3-1-2-4-14(11)16/h1-5,7,9,16,19H,6,8,10H2,(H,20,21). The van der Waals surface area contributed by atoms with E-state index in [-0.39, 0.29) is 17.4 Å². The molecule has 0 saturated heterocycles. The highest BCUT2D eigenvalue weighted by Crippen LogP contribution is 2.31. The molecule has 0 radical (unpaired) electrons. The summed E-state index contributed by atoms with van der Waals surface area (Å²) >= 11 is 0. The molecule has 1 unspecified atom stereocenters. The van der Waals surface area contributed by atoms with Gasteiger partial charge in [0.2, 0.25) is 0 Å². The van der Waals surface area contributed by atoms with Crippen molar-refractivity contribution in [1.29, 1.82) is 0 Å². The van der Waals surface area contributed by atoms with Crippen LogP contribution in [0.4, 0.5) is 4.39 Å². The Morgan fingerprint density at radius 1 is 1.29 bits per heavy atom. The quantitative estimate of drug-likeness (QED) is 0.906. The summed E-state index contributed by atoms with van der Waals surface area (Å²) in [5, 5.41) is 12.3. The van der Waals surface area contributed by atoms with Crippen molar-refractivity contribution in [2.75, 3.05) is 0 Å². The van der Waals surface area contributed by atoms with Gasteiger partial charge in [-0.3, -0.25) is 0 Å². The molecule has 1 aliphatic carbocycles. The second-order valence-corrected chi connectivity index (χ2v) is 5.28. The number of hydrogen-bond acceptors (Lipinski definition) is 2. The minimum absolute atomic E-state index is 0.111. The zero-order valence-corrected chi connectivity index (χ0v) is 11.5. The first kappa shape index (κ1) is 13.8. The maximum absolute atomic E-state index is 13.8. The highest BCUT2D eigenvalue weighted by Gasteiger charge is 2.21. The number of benzene rings is 2. The minimum Gasteiger partial charge on any atom is -0.478 e. The molecule has 3 rings (SSSR count). The molecule has 0 aliphatic heterocycles. The third kappa shape index (κ3) is 2.81. The highest BCUT2D eigenvalue weighted by molar-refractivity contribution is 5.87. The minimum atomic E-state index is -1.04. The molecule has 1 aliphatic rings. The van der Waals surface area contributed by atoms with Crippen LogP contribution < -0.4 is 5.32 Å². The molecule has 2 aromatic rings. The van der Waals surface area contributed by atoms with Crippen molar-refractivity contribution in [2.24, 2.45) is 0 Å². The highest BCUT2D eigenvalue weighted by atomic mass is 19.1. The first-order valence-electron chi connectivity index (χ1n) is 6.98. The lowest BCUT2D eigenvalue weighted by Crippen LogP contribution is -2.19. The van der Waals surface area contributed by atoms with Crippen molar-refractivity contribution >= 4 is 5.97 Å². The molecule has 0 spiro atoms. The molecule has 21 heavy (non-hydrogen) atoms. The molecule has 0 aromatic heterocycles. The lowest BCUT2D eigenvalue weighted by Gasteiger charge is -2.14. The molecule has 0 bridgehead atoms. The van der Waals surface area contributed by atoms with E-state index < -0.39 is 5.97 Å². The summed E-state index contributed by atoms with van der Waals surface area (Å²) < 4.78 is 13.8. The number of halogens is 1. The summed E-state index contributed by atoms with van der Waals surface area (Å²) in [6.45, 7) is 0.325. The summed E-state index contributed by atoms with van der Waals surface area (Å²) in [4.78, 5) is 10.9. The Morgan fingerprint density at radius 2 is 2.10 bits per heavy atom. The van der Waals surface area contributed by atoms with E-state index in [1.807, 2.05) is 12.1 Å². The van der Waals surface area contributed by atoms with E-state index in [2.05, 4.69) is 17.4 Å². The largest absolute Gasteiger partial charge is 0.478 e. The van der Waals surface area contributed by atoms with Crippen LogP contribution in [0.15, 0.2) is 42.5 Å². The lowest BCUT2D eigenvalue weighted by molar-refractivity contribution is 0.0696. The smallest absolute Gasteiger partial charge is 0.335 e. The Labute approximate surface area is 122 Å². The Hall–Kier alpha value is -2.20. The van der Waals surface area contributed by atoms with Gasteiger partial charge in [-0.1, -0.05) is 24.3 Å². The molecular weight excluding hydrogens is 269 g/mol. The van der Waals surface area contributed by atoms with E-state index >= 15 is 0 Å².